The fourth-order valence-electron chi connectivity index (χ4n) is 4.16. The summed E-state index contributed by atoms with van der Waals surface area (Å²) >= 11 is 0. The average molecular weight is 420 g/mol. The second kappa shape index (κ2) is 8.35. The van der Waals surface area contributed by atoms with Gasteiger partial charge in [0, 0.05) is 25.3 Å². The Hall–Kier alpha value is -2.45. The topological polar surface area (TPSA) is 112 Å². The Labute approximate surface area is 175 Å². The van der Waals surface area contributed by atoms with Gasteiger partial charge in [-0.05, 0) is 32.4 Å². The van der Waals surface area contributed by atoms with Crippen LogP contribution < -0.4 is 0 Å². The summed E-state index contributed by atoms with van der Waals surface area (Å²) in [6.07, 6.45) is 1.79. The third-order valence-corrected chi connectivity index (χ3v) is 6.01. The fourth-order valence-corrected chi connectivity index (χ4v) is 4.16. The molecule has 6 atom stereocenters. The van der Waals surface area contributed by atoms with E-state index in [-0.39, 0.29) is 17.3 Å². The van der Waals surface area contributed by atoms with Gasteiger partial charge in [-0.1, -0.05) is 12.7 Å². The van der Waals surface area contributed by atoms with Crippen molar-refractivity contribution in [2.45, 2.75) is 70.6 Å². The zero-order valence-electron chi connectivity index (χ0n) is 17.7. The highest BCUT2D eigenvalue weighted by atomic mass is 16.6. The van der Waals surface area contributed by atoms with Gasteiger partial charge in [0.15, 0.2) is 0 Å². The molecule has 164 valence electrons. The van der Waals surface area contributed by atoms with Crippen molar-refractivity contribution < 1.29 is 38.4 Å². The van der Waals surface area contributed by atoms with E-state index >= 15 is 0 Å². The standard InChI is InChI=1S/C22H28O8/c1-6-14(10-23)21(26)29-17-9-22(5)18(30-22)8-15(27-13(4)24)11(2)7-16-19(17)12(3)20(25)28-16/h6-7,15-19,23H,3,8-10H2,1-2,4-5H3/b11-7-,14-6+/t15-,16-,17-,18-,19+,22-/m1/s1. The number of esters is 3. The first-order valence-corrected chi connectivity index (χ1v) is 9.99. The first-order chi connectivity index (χ1) is 14.1. The van der Waals surface area contributed by atoms with Crippen LogP contribution in [0.1, 0.15) is 40.5 Å². The molecule has 8 nitrogen and oxygen atoms in total. The number of fused-ring (bicyclic) bond motifs is 2. The Morgan fingerprint density at radius 2 is 2.10 bits per heavy atom. The highest BCUT2D eigenvalue weighted by molar-refractivity contribution is 5.92. The number of ether oxygens (including phenoxy) is 4. The second-order valence-corrected chi connectivity index (χ2v) is 8.20. The van der Waals surface area contributed by atoms with Crippen molar-refractivity contribution in [1.29, 1.82) is 0 Å². The molecule has 30 heavy (non-hydrogen) atoms. The van der Waals surface area contributed by atoms with Crippen molar-refractivity contribution in [2.24, 2.45) is 5.92 Å². The van der Waals surface area contributed by atoms with Gasteiger partial charge in [-0.3, -0.25) is 4.79 Å². The summed E-state index contributed by atoms with van der Waals surface area (Å²) in [5.41, 5.74) is 0.432. The molecular formula is C22H28O8. The fraction of sp³-hybridized carbons (Fsp3) is 0.591. The molecule has 2 saturated heterocycles. The normalized spacial score (nSPS) is 37.8. The highest BCUT2D eigenvalue weighted by Crippen LogP contribution is 2.48. The molecule has 8 heteroatoms. The maximum absolute atomic E-state index is 12.5. The zero-order chi connectivity index (χ0) is 22.2. The highest BCUT2D eigenvalue weighted by Gasteiger charge is 2.58. The predicted octanol–water partition coefficient (Wildman–Crippen LogP) is 1.76. The number of hydrogen-bond donors (Lipinski definition) is 1. The SMILES string of the molecule is C=C1C(=O)O[C@@H]2/C=C(/C)[C@H](OC(C)=O)C[C@H]3O[C@]3(C)C[C@@H](OC(=O)/C(=C/C)CO)[C@@H]12. The van der Waals surface area contributed by atoms with Crippen LogP contribution in [0.3, 0.4) is 0 Å². The van der Waals surface area contributed by atoms with Gasteiger partial charge in [-0.2, -0.15) is 0 Å². The van der Waals surface area contributed by atoms with E-state index in [1.54, 1.807) is 19.9 Å². The molecule has 0 aromatic heterocycles. The molecule has 0 aromatic rings. The monoisotopic (exact) mass is 420 g/mol. The van der Waals surface area contributed by atoms with Crippen molar-refractivity contribution in [2.75, 3.05) is 6.61 Å². The first kappa shape index (κ1) is 22.2. The minimum absolute atomic E-state index is 0.125. The van der Waals surface area contributed by atoms with Crippen molar-refractivity contribution in [1.82, 2.24) is 0 Å². The smallest absolute Gasteiger partial charge is 0.336 e. The van der Waals surface area contributed by atoms with Gasteiger partial charge in [0.25, 0.3) is 0 Å². The minimum atomic E-state index is -0.743. The van der Waals surface area contributed by atoms with Gasteiger partial charge in [0.05, 0.1) is 29.8 Å². The van der Waals surface area contributed by atoms with Crippen LogP contribution in [-0.4, -0.2) is 59.6 Å². The minimum Gasteiger partial charge on any atom is -0.458 e. The van der Waals surface area contributed by atoms with E-state index in [4.69, 9.17) is 18.9 Å². The number of allylic oxidation sites excluding steroid dienone is 1. The molecule has 1 N–H and O–H groups in total. The molecule has 3 aliphatic rings. The molecule has 0 spiro atoms. The van der Waals surface area contributed by atoms with E-state index in [9.17, 15) is 19.5 Å². The lowest BCUT2D eigenvalue weighted by atomic mass is 9.82. The Morgan fingerprint density at radius 1 is 1.40 bits per heavy atom. The van der Waals surface area contributed by atoms with Crippen LogP contribution in [0.5, 0.6) is 0 Å². The lowest BCUT2D eigenvalue weighted by Crippen LogP contribution is -2.38. The average Bonchev–Trinajstić information content (AvgIpc) is 3.19. The molecule has 0 unspecified atom stereocenters. The summed E-state index contributed by atoms with van der Waals surface area (Å²) in [5.74, 6) is -2.25. The van der Waals surface area contributed by atoms with Crippen LogP contribution >= 0.6 is 0 Å². The van der Waals surface area contributed by atoms with Gasteiger partial charge >= 0.3 is 17.9 Å². The van der Waals surface area contributed by atoms with Crippen LogP contribution in [0.25, 0.3) is 0 Å². The first-order valence-electron chi connectivity index (χ1n) is 9.99. The number of carbonyl (C=O) groups excluding carboxylic acids is 3. The second-order valence-electron chi connectivity index (χ2n) is 8.20. The molecule has 2 aliphatic heterocycles. The van der Waals surface area contributed by atoms with Gasteiger partial charge in [-0.25, -0.2) is 9.59 Å². The number of rotatable bonds is 4. The maximum Gasteiger partial charge on any atom is 0.336 e. The number of aliphatic hydroxyl groups excluding tert-OH is 1. The van der Waals surface area contributed by atoms with E-state index in [2.05, 4.69) is 6.58 Å². The maximum atomic E-state index is 12.5. The summed E-state index contributed by atoms with van der Waals surface area (Å²) in [6.45, 7) is 10.1. The van der Waals surface area contributed by atoms with E-state index < -0.39 is 54.3 Å². The number of hydrogen-bond acceptors (Lipinski definition) is 8. The Morgan fingerprint density at radius 3 is 2.70 bits per heavy atom. The van der Waals surface area contributed by atoms with E-state index in [0.717, 1.165) is 5.57 Å². The van der Waals surface area contributed by atoms with Gasteiger partial charge < -0.3 is 24.1 Å². The molecule has 0 bridgehead atoms. The lowest BCUT2D eigenvalue weighted by Gasteiger charge is -2.29. The summed E-state index contributed by atoms with van der Waals surface area (Å²) in [6, 6.07) is 0. The number of epoxide rings is 1. The molecule has 0 amide bonds. The Bertz CT molecular complexity index is 825. The summed E-state index contributed by atoms with van der Waals surface area (Å²) < 4.78 is 22.6. The van der Waals surface area contributed by atoms with Crippen molar-refractivity contribution in [3.8, 4) is 0 Å². The Kier molecular flexibility index (Phi) is 6.19. The molecule has 0 saturated carbocycles. The number of carbonyl (C=O) groups is 3. The Balaban J connectivity index is 1.98. The third-order valence-electron chi connectivity index (χ3n) is 6.01. The molecular weight excluding hydrogens is 392 g/mol. The molecule has 0 aromatic carbocycles. The van der Waals surface area contributed by atoms with Crippen molar-refractivity contribution in [3.05, 3.63) is 35.5 Å². The summed E-state index contributed by atoms with van der Waals surface area (Å²) in [4.78, 5) is 36.4. The predicted molar refractivity (Wildman–Crippen MR) is 105 cm³/mol. The zero-order valence-corrected chi connectivity index (χ0v) is 17.7. The van der Waals surface area contributed by atoms with Crippen molar-refractivity contribution >= 4 is 17.9 Å². The van der Waals surface area contributed by atoms with E-state index in [0.29, 0.717) is 12.8 Å². The van der Waals surface area contributed by atoms with Gasteiger partial charge in [0.1, 0.15) is 18.3 Å². The molecule has 1 aliphatic carbocycles. The molecule has 0 radical (unpaired) electrons. The lowest BCUT2D eigenvalue weighted by molar-refractivity contribution is -0.149. The van der Waals surface area contributed by atoms with Gasteiger partial charge in [0.2, 0.25) is 0 Å². The van der Waals surface area contributed by atoms with Crippen LogP contribution in [0, 0.1) is 5.92 Å². The van der Waals surface area contributed by atoms with Gasteiger partial charge in [-0.15, -0.1) is 0 Å². The summed E-state index contributed by atoms with van der Waals surface area (Å²) in [7, 11) is 0. The molecule has 2 fully saturated rings. The third kappa shape index (κ3) is 4.34. The largest absolute Gasteiger partial charge is 0.458 e. The quantitative estimate of drug-likeness (QED) is 0.241. The molecule has 2 heterocycles. The summed E-state index contributed by atoms with van der Waals surface area (Å²) in [5, 5.41) is 9.40. The van der Waals surface area contributed by atoms with Crippen LogP contribution in [0.4, 0.5) is 0 Å². The van der Waals surface area contributed by atoms with Crippen LogP contribution in [-0.2, 0) is 33.3 Å². The number of aliphatic hydroxyl groups is 1. The van der Waals surface area contributed by atoms with E-state index in [1.165, 1.54) is 13.0 Å². The van der Waals surface area contributed by atoms with Crippen LogP contribution in [0.2, 0.25) is 0 Å². The van der Waals surface area contributed by atoms with Crippen molar-refractivity contribution in [3.63, 3.8) is 0 Å². The van der Waals surface area contributed by atoms with Crippen LogP contribution in [0.15, 0.2) is 35.5 Å². The van der Waals surface area contributed by atoms with E-state index in [1.807, 2.05) is 6.92 Å². The molecule has 3 rings (SSSR count).